The van der Waals surface area contributed by atoms with E-state index in [4.69, 9.17) is 27.4 Å². The molecule has 0 aliphatic rings. The van der Waals surface area contributed by atoms with Crippen molar-refractivity contribution in [3.8, 4) is 5.75 Å². The van der Waals surface area contributed by atoms with Gasteiger partial charge in [-0.2, -0.15) is 0 Å². The zero-order valence-corrected chi connectivity index (χ0v) is 11.7. The van der Waals surface area contributed by atoms with Crippen molar-refractivity contribution in [1.29, 1.82) is 0 Å². The van der Waals surface area contributed by atoms with Gasteiger partial charge in [-0.15, -0.1) is 0 Å². The summed E-state index contributed by atoms with van der Waals surface area (Å²) in [4.78, 5) is 0.386. The van der Waals surface area contributed by atoms with Gasteiger partial charge in [-0.1, -0.05) is 12.2 Å². The Morgan fingerprint density at radius 1 is 1.33 bits per heavy atom. The molecule has 1 aromatic carbocycles. The summed E-state index contributed by atoms with van der Waals surface area (Å²) >= 11 is 5.03. The van der Waals surface area contributed by atoms with Crippen molar-refractivity contribution in [2.24, 2.45) is 5.73 Å². The lowest BCUT2D eigenvalue weighted by Crippen LogP contribution is -2.14. The van der Waals surface area contributed by atoms with Gasteiger partial charge in [-0.25, -0.2) is 0 Å². The number of hydrogen-bond acceptors (Lipinski definition) is 4. The highest BCUT2D eigenvalue weighted by Gasteiger charge is 2.06. The third kappa shape index (κ3) is 4.50. The average molecular weight is 268 g/mol. The largest absolute Gasteiger partial charge is 0.497 e. The van der Waals surface area contributed by atoms with Gasteiger partial charge in [0.1, 0.15) is 10.7 Å². The van der Waals surface area contributed by atoms with Crippen molar-refractivity contribution in [2.75, 3.05) is 32.7 Å². The second-order valence-corrected chi connectivity index (χ2v) is 4.34. The molecule has 0 aromatic heterocycles. The minimum atomic E-state index is 0.386. The molecule has 100 valence electrons. The van der Waals surface area contributed by atoms with Crippen molar-refractivity contribution < 1.29 is 9.47 Å². The highest BCUT2D eigenvalue weighted by atomic mass is 32.1. The number of rotatable bonds is 8. The van der Waals surface area contributed by atoms with Gasteiger partial charge in [-0.05, 0) is 25.0 Å². The summed E-state index contributed by atoms with van der Waals surface area (Å²) in [5.74, 6) is 0.786. The summed E-state index contributed by atoms with van der Waals surface area (Å²) in [6, 6.07) is 5.63. The summed E-state index contributed by atoms with van der Waals surface area (Å²) in [6.07, 6.45) is 2.05. The van der Waals surface area contributed by atoms with Gasteiger partial charge in [0.15, 0.2) is 0 Å². The van der Waals surface area contributed by atoms with Crippen LogP contribution in [0.1, 0.15) is 18.4 Å². The number of ether oxygens (including phenoxy) is 2. The van der Waals surface area contributed by atoms with E-state index in [0.717, 1.165) is 43.0 Å². The van der Waals surface area contributed by atoms with Gasteiger partial charge in [0.25, 0.3) is 0 Å². The van der Waals surface area contributed by atoms with E-state index < -0.39 is 0 Å². The fourth-order valence-corrected chi connectivity index (χ4v) is 1.78. The van der Waals surface area contributed by atoms with Crippen molar-refractivity contribution in [2.45, 2.75) is 12.8 Å². The second-order valence-electron chi connectivity index (χ2n) is 3.90. The van der Waals surface area contributed by atoms with Gasteiger partial charge in [0.2, 0.25) is 0 Å². The predicted octanol–water partition coefficient (Wildman–Crippen LogP) is 2.17. The summed E-state index contributed by atoms with van der Waals surface area (Å²) in [5, 5.41) is 3.33. The Kier molecular flexibility index (Phi) is 6.46. The summed E-state index contributed by atoms with van der Waals surface area (Å²) < 4.78 is 10.2. The van der Waals surface area contributed by atoms with E-state index in [-0.39, 0.29) is 0 Å². The van der Waals surface area contributed by atoms with Gasteiger partial charge >= 0.3 is 0 Å². The fraction of sp³-hybridized carbons (Fsp3) is 0.462. The molecule has 1 aromatic rings. The van der Waals surface area contributed by atoms with Crippen molar-refractivity contribution in [1.82, 2.24) is 0 Å². The number of nitrogens with one attached hydrogen (secondary N) is 1. The zero-order chi connectivity index (χ0) is 13.4. The average Bonchev–Trinajstić information content (AvgIpc) is 2.38. The molecule has 0 radical (unpaired) electrons. The molecule has 0 aliphatic heterocycles. The van der Waals surface area contributed by atoms with Crippen molar-refractivity contribution in [3.63, 3.8) is 0 Å². The van der Waals surface area contributed by atoms with E-state index in [1.807, 2.05) is 18.2 Å². The summed E-state index contributed by atoms with van der Waals surface area (Å²) in [6.45, 7) is 1.63. The molecule has 1 rings (SSSR count). The first-order chi connectivity index (χ1) is 8.69. The van der Waals surface area contributed by atoms with Crippen LogP contribution in [-0.4, -0.2) is 32.4 Å². The number of nitrogens with two attached hydrogens (primary N) is 1. The van der Waals surface area contributed by atoms with Crippen LogP contribution in [0, 0.1) is 0 Å². The van der Waals surface area contributed by atoms with Crippen LogP contribution in [0.5, 0.6) is 5.75 Å². The lowest BCUT2D eigenvalue weighted by molar-refractivity contribution is 0.194. The fourth-order valence-electron chi connectivity index (χ4n) is 1.61. The number of anilines is 1. The molecule has 0 spiro atoms. The maximum absolute atomic E-state index is 5.69. The molecule has 3 N–H and O–H groups in total. The Morgan fingerprint density at radius 3 is 2.72 bits per heavy atom. The Hall–Kier alpha value is -1.33. The summed E-state index contributed by atoms with van der Waals surface area (Å²) in [7, 11) is 3.35. The van der Waals surface area contributed by atoms with Crippen molar-refractivity contribution >= 4 is 22.9 Å². The minimum absolute atomic E-state index is 0.386. The first kappa shape index (κ1) is 14.7. The SMILES string of the molecule is COCCCCNc1cc(OC)ccc1C(N)=S. The molecule has 18 heavy (non-hydrogen) atoms. The quantitative estimate of drug-likeness (QED) is 0.559. The first-order valence-corrected chi connectivity index (χ1v) is 6.30. The molecule has 0 bridgehead atoms. The standard InChI is InChI=1S/C13H20N2O2S/c1-16-8-4-3-7-15-12-9-10(17-2)5-6-11(12)13(14)18/h5-6,9,15H,3-4,7-8H2,1-2H3,(H2,14,18). The lowest BCUT2D eigenvalue weighted by atomic mass is 10.1. The minimum Gasteiger partial charge on any atom is -0.497 e. The Balaban J connectivity index is 2.63. The molecule has 0 atom stereocenters. The molecular formula is C13H20N2O2S. The highest BCUT2D eigenvalue weighted by molar-refractivity contribution is 7.80. The van der Waals surface area contributed by atoms with Gasteiger partial charge in [0.05, 0.1) is 7.11 Å². The molecule has 0 amide bonds. The molecule has 0 fully saturated rings. The maximum Gasteiger partial charge on any atom is 0.120 e. The number of unbranched alkanes of at least 4 members (excludes halogenated alkanes) is 1. The normalized spacial score (nSPS) is 10.1. The molecule has 0 saturated carbocycles. The van der Waals surface area contributed by atoms with Crippen LogP contribution in [0.25, 0.3) is 0 Å². The first-order valence-electron chi connectivity index (χ1n) is 5.89. The van der Waals surface area contributed by atoms with Crippen LogP contribution in [0.2, 0.25) is 0 Å². The van der Waals surface area contributed by atoms with E-state index in [1.165, 1.54) is 0 Å². The molecule has 5 heteroatoms. The van der Waals surface area contributed by atoms with Gasteiger partial charge in [-0.3, -0.25) is 0 Å². The molecule has 0 heterocycles. The summed E-state index contributed by atoms with van der Waals surface area (Å²) in [5.41, 5.74) is 7.45. The molecule has 0 saturated heterocycles. The topological polar surface area (TPSA) is 56.5 Å². The Labute approximate surface area is 113 Å². The zero-order valence-electron chi connectivity index (χ0n) is 10.9. The maximum atomic E-state index is 5.69. The smallest absolute Gasteiger partial charge is 0.120 e. The molecule has 0 aliphatic carbocycles. The molecular weight excluding hydrogens is 248 g/mol. The number of hydrogen-bond donors (Lipinski definition) is 2. The Bertz CT molecular complexity index is 397. The van der Waals surface area contributed by atoms with E-state index in [2.05, 4.69) is 5.32 Å². The third-order valence-corrected chi connectivity index (χ3v) is 2.80. The van der Waals surface area contributed by atoms with Crippen LogP contribution < -0.4 is 15.8 Å². The predicted molar refractivity (Wildman–Crippen MR) is 78.5 cm³/mol. The number of thiocarbonyl (C=S) groups is 1. The third-order valence-electron chi connectivity index (χ3n) is 2.58. The van der Waals surface area contributed by atoms with Crippen LogP contribution in [0.15, 0.2) is 18.2 Å². The van der Waals surface area contributed by atoms with E-state index >= 15 is 0 Å². The van der Waals surface area contributed by atoms with Crippen molar-refractivity contribution in [3.05, 3.63) is 23.8 Å². The number of methoxy groups -OCH3 is 2. The molecule has 0 unspecified atom stereocenters. The lowest BCUT2D eigenvalue weighted by Gasteiger charge is -2.12. The van der Waals surface area contributed by atoms with Crippen LogP contribution in [-0.2, 0) is 4.74 Å². The van der Waals surface area contributed by atoms with E-state index in [0.29, 0.717) is 4.99 Å². The van der Waals surface area contributed by atoms with E-state index in [9.17, 15) is 0 Å². The van der Waals surface area contributed by atoms with Crippen LogP contribution in [0.4, 0.5) is 5.69 Å². The van der Waals surface area contributed by atoms with Gasteiger partial charge < -0.3 is 20.5 Å². The Morgan fingerprint density at radius 2 is 2.11 bits per heavy atom. The highest BCUT2D eigenvalue weighted by Crippen LogP contribution is 2.22. The van der Waals surface area contributed by atoms with Crippen LogP contribution >= 0.6 is 12.2 Å². The number of benzene rings is 1. The van der Waals surface area contributed by atoms with Crippen LogP contribution in [0.3, 0.4) is 0 Å². The van der Waals surface area contributed by atoms with Gasteiger partial charge in [0, 0.05) is 37.6 Å². The van der Waals surface area contributed by atoms with E-state index in [1.54, 1.807) is 14.2 Å². The molecule has 4 nitrogen and oxygen atoms in total. The monoisotopic (exact) mass is 268 g/mol. The second kappa shape index (κ2) is 7.89.